The fraction of sp³-hybridized carbons (Fsp3) is 0.211. The summed E-state index contributed by atoms with van der Waals surface area (Å²) in [6.07, 6.45) is 2.31. The summed E-state index contributed by atoms with van der Waals surface area (Å²) in [5.74, 6) is -1.57. The predicted octanol–water partition coefficient (Wildman–Crippen LogP) is 2.34. The molecule has 1 heterocycles. The second-order valence-corrected chi connectivity index (χ2v) is 8.72. The van der Waals surface area contributed by atoms with Crippen molar-refractivity contribution in [3.63, 3.8) is 0 Å². The molecule has 152 valence electrons. The van der Waals surface area contributed by atoms with E-state index in [4.69, 9.17) is 16.7 Å². The molecule has 1 fully saturated rings. The van der Waals surface area contributed by atoms with E-state index in [9.17, 15) is 18.0 Å². The first kappa shape index (κ1) is 21.0. The van der Waals surface area contributed by atoms with Crippen LogP contribution in [0, 0.1) is 0 Å². The first-order valence-corrected chi connectivity index (χ1v) is 10.5. The summed E-state index contributed by atoms with van der Waals surface area (Å²) < 4.78 is 26.9. The summed E-state index contributed by atoms with van der Waals surface area (Å²) >= 11 is 5.81. The molecule has 1 amide bonds. The topological polar surface area (TPSA) is 116 Å². The zero-order chi connectivity index (χ0) is 21.0. The molecule has 2 N–H and O–H groups in total. The maximum Gasteiger partial charge on any atom is 0.335 e. The third-order valence-corrected chi connectivity index (χ3v) is 6.65. The average Bonchev–Trinajstić information content (AvgIpc) is 3.19. The van der Waals surface area contributed by atoms with E-state index in [1.807, 2.05) is 0 Å². The first-order valence-electron chi connectivity index (χ1n) is 8.73. The monoisotopic (exact) mass is 435 g/mol. The van der Waals surface area contributed by atoms with Crippen LogP contribution in [-0.2, 0) is 14.8 Å². The van der Waals surface area contributed by atoms with Gasteiger partial charge in [-0.25, -0.2) is 18.6 Å². The van der Waals surface area contributed by atoms with Gasteiger partial charge in [0.25, 0.3) is 5.91 Å². The summed E-state index contributed by atoms with van der Waals surface area (Å²) in [6.45, 7) is 0.239. The van der Waals surface area contributed by atoms with E-state index >= 15 is 0 Å². The van der Waals surface area contributed by atoms with E-state index in [0.717, 1.165) is 0 Å². The molecule has 0 spiro atoms. The maximum atomic E-state index is 12.9. The Hall–Kier alpha value is -2.75. The number of halogens is 1. The van der Waals surface area contributed by atoms with E-state index < -0.39 is 27.9 Å². The van der Waals surface area contributed by atoms with Gasteiger partial charge in [-0.2, -0.15) is 9.41 Å². The highest BCUT2D eigenvalue weighted by Gasteiger charge is 2.39. The van der Waals surface area contributed by atoms with Gasteiger partial charge in [-0.3, -0.25) is 4.79 Å². The standard InChI is InChI=1S/C19H18ClN3O5S/c20-15-7-9-16(10-8-15)29(27,28)23-11-1-2-17(23)18(24)22-21-12-13-3-5-14(6-4-13)19(25)26/h3-10,12,17H,1-2,11H2,(H,22,24)(H,25,26)/t17-/m0/s1. The maximum absolute atomic E-state index is 12.9. The summed E-state index contributed by atoms with van der Waals surface area (Å²) in [6, 6.07) is 10.9. The SMILES string of the molecule is O=C(O)c1ccc(C=NNC(=O)[C@@H]2CCCN2S(=O)(=O)c2ccc(Cl)cc2)cc1. The van der Waals surface area contributed by atoms with Gasteiger partial charge in [0.1, 0.15) is 6.04 Å². The normalized spacial score (nSPS) is 17.5. The molecule has 0 bridgehead atoms. The first-order chi connectivity index (χ1) is 13.8. The van der Waals surface area contributed by atoms with Crippen molar-refractivity contribution >= 4 is 39.7 Å². The molecular weight excluding hydrogens is 418 g/mol. The van der Waals surface area contributed by atoms with Crippen molar-refractivity contribution in [1.29, 1.82) is 0 Å². The highest BCUT2D eigenvalue weighted by atomic mass is 35.5. The van der Waals surface area contributed by atoms with Crippen LogP contribution in [0.3, 0.4) is 0 Å². The number of carbonyl (C=O) groups excluding carboxylic acids is 1. The van der Waals surface area contributed by atoms with Gasteiger partial charge < -0.3 is 5.11 Å². The zero-order valence-electron chi connectivity index (χ0n) is 15.2. The lowest BCUT2D eigenvalue weighted by molar-refractivity contribution is -0.124. The van der Waals surface area contributed by atoms with Crippen LogP contribution in [-0.4, -0.2) is 48.5 Å². The van der Waals surface area contributed by atoms with Crippen molar-refractivity contribution < 1.29 is 23.1 Å². The average molecular weight is 436 g/mol. The Kier molecular flexibility index (Phi) is 6.31. The van der Waals surface area contributed by atoms with Crippen LogP contribution < -0.4 is 5.43 Å². The van der Waals surface area contributed by atoms with E-state index in [0.29, 0.717) is 23.4 Å². The molecule has 1 aliphatic heterocycles. The molecule has 3 rings (SSSR count). The largest absolute Gasteiger partial charge is 0.478 e. The van der Waals surface area contributed by atoms with Crippen LogP contribution in [0.1, 0.15) is 28.8 Å². The van der Waals surface area contributed by atoms with Crippen LogP contribution in [0.15, 0.2) is 58.5 Å². The number of nitrogens with zero attached hydrogens (tertiary/aromatic N) is 2. The number of nitrogens with one attached hydrogen (secondary N) is 1. The molecule has 0 saturated carbocycles. The predicted molar refractivity (Wildman–Crippen MR) is 108 cm³/mol. The molecule has 0 unspecified atom stereocenters. The fourth-order valence-electron chi connectivity index (χ4n) is 2.99. The van der Waals surface area contributed by atoms with E-state index in [1.165, 1.54) is 46.9 Å². The van der Waals surface area contributed by atoms with Crippen LogP contribution in [0.5, 0.6) is 0 Å². The molecule has 10 heteroatoms. The van der Waals surface area contributed by atoms with Gasteiger partial charge in [-0.1, -0.05) is 23.7 Å². The number of amides is 1. The minimum absolute atomic E-state index is 0.0728. The Morgan fingerprint density at radius 3 is 2.41 bits per heavy atom. The second-order valence-electron chi connectivity index (χ2n) is 6.39. The second kappa shape index (κ2) is 8.73. The molecule has 1 aliphatic rings. The highest BCUT2D eigenvalue weighted by Crippen LogP contribution is 2.27. The van der Waals surface area contributed by atoms with Gasteiger partial charge in [0.2, 0.25) is 10.0 Å². The van der Waals surface area contributed by atoms with Gasteiger partial charge >= 0.3 is 5.97 Å². The number of benzene rings is 2. The number of carboxylic acids is 1. The Morgan fingerprint density at radius 2 is 1.79 bits per heavy atom. The van der Waals surface area contributed by atoms with Gasteiger partial charge in [0, 0.05) is 11.6 Å². The Balaban J connectivity index is 1.68. The number of hydrogen-bond acceptors (Lipinski definition) is 5. The van der Waals surface area contributed by atoms with Gasteiger partial charge in [-0.05, 0) is 54.8 Å². The van der Waals surface area contributed by atoms with Gasteiger partial charge in [0.05, 0.1) is 16.7 Å². The Morgan fingerprint density at radius 1 is 1.14 bits per heavy atom. The van der Waals surface area contributed by atoms with E-state index in [2.05, 4.69) is 10.5 Å². The van der Waals surface area contributed by atoms with Crippen LogP contribution in [0.2, 0.25) is 5.02 Å². The van der Waals surface area contributed by atoms with Crippen LogP contribution >= 0.6 is 11.6 Å². The zero-order valence-corrected chi connectivity index (χ0v) is 16.7. The molecule has 0 aliphatic carbocycles. The molecular formula is C19H18ClN3O5S. The molecule has 29 heavy (non-hydrogen) atoms. The molecule has 2 aromatic carbocycles. The number of rotatable bonds is 6. The lowest BCUT2D eigenvalue weighted by Crippen LogP contribution is -2.44. The lowest BCUT2D eigenvalue weighted by Gasteiger charge is -2.22. The van der Waals surface area contributed by atoms with Gasteiger partial charge in [-0.15, -0.1) is 0 Å². The highest BCUT2D eigenvalue weighted by molar-refractivity contribution is 7.89. The number of hydrogen-bond donors (Lipinski definition) is 2. The number of carboxylic acid groups (broad SMARTS) is 1. The number of sulfonamides is 1. The molecule has 1 saturated heterocycles. The minimum Gasteiger partial charge on any atom is -0.478 e. The Labute approximate surface area is 172 Å². The molecule has 2 aromatic rings. The Bertz CT molecular complexity index is 1040. The quantitative estimate of drug-likeness (QED) is 0.533. The van der Waals surface area contributed by atoms with Crippen molar-refractivity contribution in [2.75, 3.05) is 6.54 Å². The molecule has 0 radical (unpaired) electrons. The van der Waals surface area contributed by atoms with Gasteiger partial charge in [0.15, 0.2) is 0 Å². The minimum atomic E-state index is -3.83. The summed E-state index contributed by atoms with van der Waals surface area (Å²) in [4.78, 5) is 23.4. The van der Waals surface area contributed by atoms with Crippen molar-refractivity contribution in [3.8, 4) is 0 Å². The van der Waals surface area contributed by atoms with Crippen molar-refractivity contribution in [3.05, 3.63) is 64.7 Å². The van der Waals surface area contributed by atoms with Crippen molar-refractivity contribution in [2.45, 2.75) is 23.8 Å². The summed E-state index contributed by atoms with van der Waals surface area (Å²) in [5, 5.41) is 13.2. The summed E-state index contributed by atoms with van der Waals surface area (Å²) in [5.41, 5.74) is 3.09. The lowest BCUT2D eigenvalue weighted by atomic mass is 10.1. The summed E-state index contributed by atoms with van der Waals surface area (Å²) in [7, 11) is -3.83. The van der Waals surface area contributed by atoms with Crippen molar-refractivity contribution in [2.24, 2.45) is 5.10 Å². The molecule has 0 aromatic heterocycles. The third-order valence-electron chi connectivity index (χ3n) is 4.47. The van der Waals surface area contributed by atoms with Crippen LogP contribution in [0.25, 0.3) is 0 Å². The number of aromatic carboxylic acids is 1. The fourth-order valence-corrected chi connectivity index (χ4v) is 4.77. The molecule has 1 atom stereocenters. The molecule has 8 nitrogen and oxygen atoms in total. The van der Waals surface area contributed by atoms with Crippen LogP contribution in [0.4, 0.5) is 0 Å². The van der Waals surface area contributed by atoms with E-state index in [1.54, 1.807) is 12.1 Å². The third kappa shape index (κ3) is 4.81. The smallest absolute Gasteiger partial charge is 0.335 e. The number of hydrazone groups is 1. The van der Waals surface area contributed by atoms with Crippen molar-refractivity contribution in [1.82, 2.24) is 9.73 Å². The number of carbonyl (C=O) groups is 2. The van der Waals surface area contributed by atoms with E-state index in [-0.39, 0.29) is 17.0 Å².